The van der Waals surface area contributed by atoms with Crippen molar-refractivity contribution in [1.29, 1.82) is 0 Å². The van der Waals surface area contributed by atoms with Crippen LogP contribution in [0.15, 0.2) is 42.5 Å². The number of benzene rings is 2. The van der Waals surface area contributed by atoms with Gasteiger partial charge in [-0.15, -0.1) is 0 Å². The quantitative estimate of drug-likeness (QED) is 0.760. The Hall–Kier alpha value is -3.26. The molecule has 2 aromatic rings. The number of nitrogens with zero attached hydrogens (tertiary/aromatic N) is 1. The van der Waals surface area contributed by atoms with Crippen molar-refractivity contribution in [2.24, 2.45) is 5.92 Å². The second-order valence-electron chi connectivity index (χ2n) is 7.39. The van der Waals surface area contributed by atoms with Crippen LogP contribution in [-0.2, 0) is 9.59 Å². The highest BCUT2D eigenvalue weighted by Crippen LogP contribution is 2.34. The van der Waals surface area contributed by atoms with Crippen molar-refractivity contribution in [1.82, 2.24) is 4.90 Å². The third-order valence-corrected chi connectivity index (χ3v) is 5.32. The van der Waals surface area contributed by atoms with E-state index in [-0.39, 0.29) is 24.5 Å². The highest BCUT2D eigenvalue weighted by atomic mass is 16.7. The summed E-state index contributed by atoms with van der Waals surface area (Å²) in [5.74, 6) is 1.87. The normalized spacial score (nSPS) is 16.2. The monoisotopic (exact) mass is 411 g/mol. The summed E-state index contributed by atoms with van der Waals surface area (Å²) < 4.78 is 15.8. The molecule has 8 heteroatoms. The van der Waals surface area contributed by atoms with Crippen molar-refractivity contribution in [3.63, 3.8) is 0 Å². The third-order valence-electron chi connectivity index (χ3n) is 5.32. The van der Waals surface area contributed by atoms with Crippen molar-refractivity contribution in [3.8, 4) is 17.2 Å². The number of fused-ring (bicyclic) bond motifs is 1. The standard InChI is InChI=1S/C22H25N3O5/c1-28-18-4-2-3-16(11-18)23-21(26)13-25-9-7-15(8-10-25)22(27)24-17-5-6-19-20(12-17)30-14-29-19/h2-6,11-12,15H,7-10,13-14H2,1H3,(H,23,26)(H,24,27). The summed E-state index contributed by atoms with van der Waals surface area (Å²) in [5.41, 5.74) is 1.40. The molecule has 158 valence electrons. The van der Waals surface area contributed by atoms with Gasteiger partial charge < -0.3 is 24.8 Å². The van der Waals surface area contributed by atoms with Gasteiger partial charge in [-0.3, -0.25) is 14.5 Å². The van der Waals surface area contributed by atoms with Crippen LogP contribution < -0.4 is 24.8 Å². The number of carbonyl (C=O) groups excluding carboxylic acids is 2. The molecule has 2 aliphatic rings. The summed E-state index contributed by atoms with van der Waals surface area (Å²) in [6, 6.07) is 12.6. The van der Waals surface area contributed by atoms with E-state index in [0.29, 0.717) is 61.1 Å². The van der Waals surface area contributed by atoms with Gasteiger partial charge in [0.05, 0.1) is 13.7 Å². The number of rotatable bonds is 6. The number of piperidine rings is 1. The molecule has 2 amide bonds. The van der Waals surface area contributed by atoms with Crippen LogP contribution in [0.2, 0.25) is 0 Å². The number of methoxy groups -OCH3 is 1. The molecule has 2 N–H and O–H groups in total. The van der Waals surface area contributed by atoms with Gasteiger partial charge in [0.1, 0.15) is 5.75 Å². The molecule has 4 rings (SSSR count). The summed E-state index contributed by atoms with van der Waals surface area (Å²) in [6.45, 7) is 1.90. The number of hydrogen-bond donors (Lipinski definition) is 2. The molecule has 0 radical (unpaired) electrons. The molecule has 0 saturated carbocycles. The van der Waals surface area contributed by atoms with Gasteiger partial charge in [-0.25, -0.2) is 0 Å². The van der Waals surface area contributed by atoms with Crippen LogP contribution in [0, 0.1) is 5.92 Å². The Labute approximate surface area is 175 Å². The smallest absolute Gasteiger partial charge is 0.238 e. The van der Waals surface area contributed by atoms with E-state index in [1.807, 2.05) is 24.3 Å². The lowest BCUT2D eigenvalue weighted by Crippen LogP contribution is -2.41. The molecule has 2 aromatic carbocycles. The van der Waals surface area contributed by atoms with E-state index in [1.165, 1.54) is 0 Å². The largest absolute Gasteiger partial charge is 0.497 e. The Morgan fingerprint density at radius 2 is 1.80 bits per heavy atom. The van der Waals surface area contributed by atoms with Crippen LogP contribution in [0.3, 0.4) is 0 Å². The number of carbonyl (C=O) groups is 2. The van der Waals surface area contributed by atoms with Crippen molar-refractivity contribution in [3.05, 3.63) is 42.5 Å². The highest BCUT2D eigenvalue weighted by molar-refractivity contribution is 5.93. The lowest BCUT2D eigenvalue weighted by molar-refractivity contribution is -0.121. The minimum absolute atomic E-state index is 0.00523. The topological polar surface area (TPSA) is 89.1 Å². The Morgan fingerprint density at radius 3 is 2.60 bits per heavy atom. The fourth-order valence-electron chi connectivity index (χ4n) is 3.68. The molecule has 0 unspecified atom stereocenters. The van der Waals surface area contributed by atoms with Crippen LogP contribution in [0.4, 0.5) is 11.4 Å². The summed E-state index contributed by atoms with van der Waals surface area (Å²) in [6.07, 6.45) is 1.42. The van der Waals surface area contributed by atoms with Crippen LogP contribution in [0.5, 0.6) is 17.2 Å². The predicted octanol–water partition coefficient (Wildman–Crippen LogP) is 2.71. The molecule has 0 atom stereocenters. The lowest BCUT2D eigenvalue weighted by Gasteiger charge is -2.30. The predicted molar refractivity (Wildman–Crippen MR) is 112 cm³/mol. The van der Waals surface area contributed by atoms with Gasteiger partial charge in [0.2, 0.25) is 18.6 Å². The maximum Gasteiger partial charge on any atom is 0.238 e. The van der Waals surface area contributed by atoms with Gasteiger partial charge in [0.15, 0.2) is 11.5 Å². The lowest BCUT2D eigenvalue weighted by atomic mass is 9.95. The molecule has 30 heavy (non-hydrogen) atoms. The molecule has 1 fully saturated rings. The SMILES string of the molecule is COc1cccc(NC(=O)CN2CCC(C(=O)Nc3ccc4c(c3)OCO4)CC2)c1. The molecule has 2 aliphatic heterocycles. The van der Waals surface area contributed by atoms with E-state index >= 15 is 0 Å². The zero-order chi connectivity index (χ0) is 20.9. The first kappa shape index (κ1) is 20.0. The fraction of sp³-hybridized carbons (Fsp3) is 0.364. The summed E-state index contributed by atoms with van der Waals surface area (Å²) in [4.78, 5) is 27.0. The van der Waals surface area contributed by atoms with Gasteiger partial charge in [-0.1, -0.05) is 6.07 Å². The number of anilines is 2. The maximum atomic E-state index is 12.6. The molecular weight excluding hydrogens is 386 g/mol. The number of amides is 2. The van der Waals surface area contributed by atoms with Gasteiger partial charge in [-0.2, -0.15) is 0 Å². The number of hydrogen-bond acceptors (Lipinski definition) is 6. The molecule has 0 bridgehead atoms. The van der Waals surface area contributed by atoms with Crippen molar-refractivity contribution in [2.45, 2.75) is 12.8 Å². The molecule has 0 aliphatic carbocycles. The maximum absolute atomic E-state index is 12.6. The van der Waals surface area contributed by atoms with E-state index in [1.54, 1.807) is 25.3 Å². The molecular formula is C22H25N3O5. The van der Waals surface area contributed by atoms with Crippen molar-refractivity contribution < 1.29 is 23.8 Å². The summed E-state index contributed by atoms with van der Waals surface area (Å²) in [7, 11) is 1.59. The second-order valence-corrected chi connectivity index (χ2v) is 7.39. The van der Waals surface area contributed by atoms with Gasteiger partial charge >= 0.3 is 0 Å². The minimum Gasteiger partial charge on any atom is -0.497 e. The number of likely N-dealkylation sites (tertiary alicyclic amines) is 1. The first-order valence-corrected chi connectivity index (χ1v) is 9.97. The van der Waals surface area contributed by atoms with Gasteiger partial charge in [0.25, 0.3) is 0 Å². The van der Waals surface area contributed by atoms with E-state index in [0.717, 1.165) is 0 Å². The van der Waals surface area contributed by atoms with E-state index in [2.05, 4.69) is 15.5 Å². The van der Waals surface area contributed by atoms with Crippen molar-refractivity contribution >= 4 is 23.2 Å². The van der Waals surface area contributed by atoms with Crippen molar-refractivity contribution in [2.75, 3.05) is 44.2 Å². The van der Waals surface area contributed by atoms with Crippen LogP contribution in [0.25, 0.3) is 0 Å². The fourth-order valence-corrected chi connectivity index (χ4v) is 3.68. The van der Waals surface area contributed by atoms with E-state index in [9.17, 15) is 9.59 Å². The summed E-state index contributed by atoms with van der Waals surface area (Å²) >= 11 is 0. The average Bonchev–Trinajstić information content (AvgIpc) is 3.22. The molecule has 0 spiro atoms. The second kappa shape index (κ2) is 9.04. The zero-order valence-electron chi connectivity index (χ0n) is 16.8. The van der Waals surface area contributed by atoms with Crippen LogP contribution >= 0.6 is 0 Å². The zero-order valence-corrected chi connectivity index (χ0v) is 16.8. The first-order valence-electron chi connectivity index (χ1n) is 9.97. The Kier molecular flexibility index (Phi) is 6.04. The average molecular weight is 411 g/mol. The molecule has 0 aromatic heterocycles. The Balaban J connectivity index is 1.23. The molecule has 8 nitrogen and oxygen atoms in total. The highest BCUT2D eigenvalue weighted by Gasteiger charge is 2.26. The third kappa shape index (κ3) is 4.83. The molecule has 1 saturated heterocycles. The van der Waals surface area contributed by atoms with E-state index in [4.69, 9.17) is 14.2 Å². The number of ether oxygens (including phenoxy) is 3. The summed E-state index contributed by atoms with van der Waals surface area (Å²) in [5, 5.41) is 5.85. The van der Waals surface area contributed by atoms with Crippen LogP contribution in [0.1, 0.15) is 12.8 Å². The Morgan fingerprint density at radius 1 is 1.03 bits per heavy atom. The Bertz CT molecular complexity index is 925. The van der Waals surface area contributed by atoms with E-state index < -0.39 is 0 Å². The minimum atomic E-state index is -0.0773. The van der Waals surface area contributed by atoms with Gasteiger partial charge in [0, 0.05) is 29.4 Å². The van der Waals surface area contributed by atoms with Crippen LogP contribution in [-0.4, -0.2) is 50.3 Å². The first-order chi connectivity index (χ1) is 14.6. The number of nitrogens with one attached hydrogen (secondary N) is 2. The molecule has 2 heterocycles. The van der Waals surface area contributed by atoms with Gasteiger partial charge in [-0.05, 0) is 50.2 Å².